The smallest absolute Gasteiger partial charge is 0.248 e. The molecule has 0 fully saturated rings. The highest BCUT2D eigenvalue weighted by molar-refractivity contribution is 6.32. The van der Waals surface area contributed by atoms with E-state index in [-0.39, 0.29) is 24.2 Å². The van der Waals surface area contributed by atoms with Crippen molar-refractivity contribution in [3.8, 4) is 5.75 Å². The third kappa shape index (κ3) is 2.60. The summed E-state index contributed by atoms with van der Waals surface area (Å²) in [7, 11) is 1.51. The second kappa shape index (κ2) is 5.64. The molecule has 0 bridgehead atoms. The van der Waals surface area contributed by atoms with Gasteiger partial charge in [0.25, 0.3) is 0 Å². The quantitative estimate of drug-likeness (QED) is 0.892. The van der Waals surface area contributed by atoms with Gasteiger partial charge in [-0.2, -0.15) is 0 Å². The van der Waals surface area contributed by atoms with Crippen LogP contribution >= 0.6 is 11.6 Å². The van der Waals surface area contributed by atoms with Crippen LogP contribution in [0.25, 0.3) is 0 Å². The van der Waals surface area contributed by atoms with Crippen LogP contribution in [0, 0.1) is 0 Å². The summed E-state index contributed by atoms with van der Waals surface area (Å²) in [5, 5.41) is 13.1. The van der Waals surface area contributed by atoms with E-state index in [0.29, 0.717) is 16.5 Å². The monoisotopic (exact) mass is 321 g/mol. The van der Waals surface area contributed by atoms with Crippen molar-refractivity contribution in [2.75, 3.05) is 17.7 Å². The Bertz CT molecular complexity index is 745. The number of hydrogen-bond acceptors (Lipinski definition) is 5. The van der Waals surface area contributed by atoms with Crippen molar-refractivity contribution in [2.24, 2.45) is 0 Å². The summed E-state index contributed by atoms with van der Waals surface area (Å²) in [5.41, 5.74) is 0.511. The molecule has 2 amide bonds. The van der Waals surface area contributed by atoms with Crippen molar-refractivity contribution in [2.45, 2.75) is 12.5 Å². The van der Waals surface area contributed by atoms with Gasteiger partial charge in [0.2, 0.25) is 17.8 Å². The molecule has 114 valence electrons. The van der Waals surface area contributed by atoms with Crippen LogP contribution in [-0.2, 0) is 9.59 Å². The van der Waals surface area contributed by atoms with Crippen LogP contribution < -0.4 is 15.4 Å². The maximum Gasteiger partial charge on any atom is 0.248 e. The van der Waals surface area contributed by atoms with Crippen molar-refractivity contribution >= 4 is 35.1 Å². The molecule has 2 aromatic rings. The van der Waals surface area contributed by atoms with E-state index in [1.54, 1.807) is 18.2 Å². The van der Waals surface area contributed by atoms with Crippen molar-refractivity contribution in [3.05, 3.63) is 29.5 Å². The number of aromatic nitrogens is 3. The summed E-state index contributed by atoms with van der Waals surface area (Å²) in [6, 6.07) is 4.18. The van der Waals surface area contributed by atoms with Crippen LogP contribution in [0.3, 0.4) is 0 Å². The molecule has 9 heteroatoms. The molecule has 1 aliphatic rings. The van der Waals surface area contributed by atoms with Gasteiger partial charge in [0.1, 0.15) is 18.1 Å². The first-order valence-electron chi connectivity index (χ1n) is 6.42. The molecule has 2 heterocycles. The van der Waals surface area contributed by atoms with Gasteiger partial charge in [-0.05, 0) is 18.2 Å². The molecule has 0 spiro atoms. The second-order valence-electron chi connectivity index (χ2n) is 4.67. The van der Waals surface area contributed by atoms with Crippen molar-refractivity contribution < 1.29 is 14.3 Å². The molecular formula is C13H12ClN5O3. The van der Waals surface area contributed by atoms with Crippen LogP contribution in [0.5, 0.6) is 5.75 Å². The fraction of sp³-hybridized carbons (Fsp3) is 0.231. The summed E-state index contributed by atoms with van der Waals surface area (Å²) in [4.78, 5) is 24.0. The summed E-state index contributed by atoms with van der Waals surface area (Å²) < 4.78 is 6.57. The standard InChI is InChI=1S/C13H12ClN5O3/c1-22-10-3-2-7(4-8(10)14)16-12(21)9-5-11(20)17-13-18-15-6-19(9)13/h2-4,6,9H,5H2,1H3,(H,16,21)(H,17,18,20)/t9-/m1/s1. The number of ether oxygens (including phenoxy) is 1. The highest BCUT2D eigenvalue weighted by atomic mass is 35.5. The third-order valence-electron chi connectivity index (χ3n) is 3.26. The lowest BCUT2D eigenvalue weighted by atomic mass is 10.1. The summed E-state index contributed by atoms with van der Waals surface area (Å²) >= 11 is 6.02. The van der Waals surface area contributed by atoms with Gasteiger partial charge in [-0.1, -0.05) is 11.6 Å². The van der Waals surface area contributed by atoms with Crippen LogP contribution in [0.2, 0.25) is 5.02 Å². The number of rotatable bonds is 3. The van der Waals surface area contributed by atoms with Gasteiger partial charge < -0.3 is 10.1 Å². The molecule has 0 aliphatic carbocycles. The molecule has 0 saturated carbocycles. The Morgan fingerprint density at radius 2 is 2.36 bits per heavy atom. The first-order valence-corrected chi connectivity index (χ1v) is 6.80. The lowest BCUT2D eigenvalue weighted by molar-refractivity contribution is -0.125. The predicted molar refractivity (Wildman–Crippen MR) is 78.9 cm³/mol. The maximum absolute atomic E-state index is 12.4. The molecule has 1 aromatic carbocycles. The van der Waals surface area contributed by atoms with Gasteiger partial charge in [-0.25, -0.2) is 0 Å². The van der Waals surface area contributed by atoms with E-state index in [9.17, 15) is 9.59 Å². The van der Waals surface area contributed by atoms with Gasteiger partial charge in [0, 0.05) is 5.69 Å². The Morgan fingerprint density at radius 1 is 1.55 bits per heavy atom. The van der Waals surface area contributed by atoms with Crippen LogP contribution in [0.1, 0.15) is 12.5 Å². The molecule has 8 nitrogen and oxygen atoms in total. The van der Waals surface area contributed by atoms with Gasteiger partial charge in [-0.3, -0.25) is 19.5 Å². The molecule has 3 rings (SSSR count). The van der Waals surface area contributed by atoms with E-state index in [1.807, 2.05) is 0 Å². The van der Waals surface area contributed by atoms with Gasteiger partial charge in [-0.15, -0.1) is 10.2 Å². The molecule has 2 N–H and O–H groups in total. The zero-order chi connectivity index (χ0) is 15.7. The molecule has 1 aromatic heterocycles. The van der Waals surface area contributed by atoms with Gasteiger partial charge in [0.15, 0.2) is 0 Å². The van der Waals surface area contributed by atoms with E-state index < -0.39 is 6.04 Å². The lowest BCUT2D eigenvalue weighted by Gasteiger charge is -2.23. The van der Waals surface area contributed by atoms with Gasteiger partial charge >= 0.3 is 0 Å². The first kappa shape index (κ1) is 14.3. The number of carbonyl (C=O) groups is 2. The Morgan fingerprint density at radius 3 is 3.09 bits per heavy atom. The molecule has 0 unspecified atom stereocenters. The highest BCUT2D eigenvalue weighted by Gasteiger charge is 2.31. The summed E-state index contributed by atoms with van der Waals surface area (Å²) in [6.07, 6.45) is 1.42. The Labute approximate surface area is 130 Å². The topological polar surface area (TPSA) is 98.1 Å². The number of nitrogens with zero attached hydrogens (tertiary/aromatic N) is 3. The van der Waals surface area contributed by atoms with E-state index in [1.165, 1.54) is 18.0 Å². The Kier molecular flexibility index (Phi) is 3.68. The highest BCUT2D eigenvalue weighted by Crippen LogP contribution is 2.28. The van der Waals surface area contributed by atoms with E-state index in [4.69, 9.17) is 16.3 Å². The molecular weight excluding hydrogens is 310 g/mol. The average Bonchev–Trinajstić information content (AvgIpc) is 2.94. The normalized spacial score (nSPS) is 16.6. The van der Waals surface area contributed by atoms with E-state index in [2.05, 4.69) is 20.8 Å². The number of nitrogens with one attached hydrogen (secondary N) is 2. The minimum atomic E-state index is -0.709. The SMILES string of the molecule is COc1ccc(NC(=O)[C@H]2CC(=O)Nc3nncn32)cc1Cl. The largest absolute Gasteiger partial charge is 0.495 e. The number of benzene rings is 1. The van der Waals surface area contributed by atoms with E-state index >= 15 is 0 Å². The molecule has 0 saturated heterocycles. The number of carbonyl (C=O) groups excluding carboxylic acids is 2. The number of methoxy groups -OCH3 is 1. The van der Waals surface area contributed by atoms with E-state index in [0.717, 1.165) is 0 Å². The summed E-state index contributed by atoms with van der Waals surface area (Å²) in [6.45, 7) is 0. The third-order valence-corrected chi connectivity index (χ3v) is 3.56. The first-order chi connectivity index (χ1) is 10.6. The number of halogens is 1. The molecule has 22 heavy (non-hydrogen) atoms. The molecule has 1 atom stereocenters. The Hall–Kier alpha value is -2.61. The minimum absolute atomic E-state index is 0.0146. The summed E-state index contributed by atoms with van der Waals surface area (Å²) in [5.74, 6) is 0.132. The number of amides is 2. The zero-order valence-electron chi connectivity index (χ0n) is 11.5. The lowest BCUT2D eigenvalue weighted by Crippen LogP contribution is -2.35. The average molecular weight is 322 g/mol. The fourth-order valence-corrected chi connectivity index (χ4v) is 2.46. The van der Waals surface area contributed by atoms with Crippen LogP contribution in [0.4, 0.5) is 11.6 Å². The Balaban J connectivity index is 1.81. The van der Waals surface area contributed by atoms with Crippen LogP contribution in [0.15, 0.2) is 24.5 Å². The van der Waals surface area contributed by atoms with Gasteiger partial charge in [0.05, 0.1) is 18.6 Å². The molecule has 1 aliphatic heterocycles. The molecule has 0 radical (unpaired) electrons. The predicted octanol–water partition coefficient (Wildman–Crippen LogP) is 1.46. The van der Waals surface area contributed by atoms with Crippen molar-refractivity contribution in [3.63, 3.8) is 0 Å². The fourth-order valence-electron chi connectivity index (χ4n) is 2.20. The second-order valence-corrected chi connectivity index (χ2v) is 5.08. The zero-order valence-corrected chi connectivity index (χ0v) is 12.3. The van der Waals surface area contributed by atoms with Crippen LogP contribution in [-0.4, -0.2) is 33.7 Å². The number of anilines is 2. The number of hydrogen-bond donors (Lipinski definition) is 2. The maximum atomic E-state index is 12.4. The minimum Gasteiger partial charge on any atom is -0.495 e. The van der Waals surface area contributed by atoms with Crippen molar-refractivity contribution in [1.29, 1.82) is 0 Å². The number of fused-ring (bicyclic) bond motifs is 1. The van der Waals surface area contributed by atoms with Crippen molar-refractivity contribution in [1.82, 2.24) is 14.8 Å².